The Kier molecular flexibility index (Phi) is 4.85. The van der Waals surface area contributed by atoms with E-state index >= 15 is 0 Å². The van der Waals surface area contributed by atoms with Gasteiger partial charge in [0, 0.05) is 21.8 Å². The maximum Gasteiger partial charge on any atom is 0.251 e. The predicted molar refractivity (Wildman–Crippen MR) is 117 cm³/mol. The molecule has 7 heteroatoms. The number of aryl methyl sites for hydroxylation is 1. The van der Waals surface area contributed by atoms with Crippen LogP contribution in [0.3, 0.4) is 0 Å². The number of amides is 1. The summed E-state index contributed by atoms with van der Waals surface area (Å²) in [6.07, 6.45) is 0. The average molecular weight is 471 g/mol. The number of aromatic nitrogens is 2. The van der Waals surface area contributed by atoms with Gasteiger partial charge in [0.05, 0.1) is 11.3 Å². The van der Waals surface area contributed by atoms with Crippen LogP contribution in [0.15, 0.2) is 48.5 Å². The van der Waals surface area contributed by atoms with E-state index in [9.17, 15) is 4.79 Å². The van der Waals surface area contributed by atoms with Gasteiger partial charge >= 0.3 is 0 Å². The number of nitrogens with zero attached hydrogens (tertiary/aromatic N) is 1. The highest BCUT2D eigenvalue weighted by Gasteiger charge is 2.20. The summed E-state index contributed by atoms with van der Waals surface area (Å²) in [6.45, 7) is 2.40. The lowest BCUT2D eigenvalue weighted by molar-refractivity contribution is 0.0950. The first-order chi connectivity index (χ1) is 13.1. The van der Waals surface area contributed by atoms with E-state index in [1.165, 1.54) is 0 Å². The van der Waals surface area contributed by atoms with Crippen molar-refractivity contribution >= 4 is 40.3 Å². The summed E-state index contributed by atoms with van der Waals surface area (Å²) < 4.78 is 2.59. The standard InChI is InChI=1S/C20H18IN5O/c1-12-4-2-3-5-15(12)20(27)23-10-13-6-8-14(9-7-13)17-16-18(22)21-11-24-19(16)26-25-17/h2-9,11,22H,10H2,1H3,(H,23,27)(H2,24,25,26). The summed E-state index contributed by atoms with van der Waals surface area (Å²) in [4.78, 5) is 12.3. The molecule has 2 heterocycles. The second kappa shape index (κ2) is 7.43. The van der Waals surface area contributed by atoms with Crippen LogP contribution >= 0.6 is 20.7 Å². The molecule has 0 saturated heterocycles. The molecule has 2 aromatic carbocycles. The third-order valence-electron chi connectivity index (χ3n) is 4.43. The first-order valence-corrected chi connectivity index (χ1v) is 10.8. The summed E-state index contributed by atoms with van der Waals surface area (Å²) in [5.74, 6) is 0.648. The number of hydrogen-bond acceptors (Lipinski definition) is 4. The predicted octanol–water partition coefficient (Wildman–Crippen LogP) is 3.80. The molecule has 0 unspecified atom stereocenters. The number of nitrogens with one attached hydrogen (secondary N) is 4. The molecule has 0 spiro atoms. The van der Waals surface area contributed by atoms with Crippen molar-refractivity contribution in [2.24, 2.45) is 0 Å². The monoisotopic (exact) mass is 471 g/mol. The molecule has 0 aliphatic carbocycles. The molecule has 0 radical (unpaired) electrons. The van der Waals surface area contributed by atoms with E-state index in [0.29, 0.717) is 15.8 Å². The number of halogens is 1. The number of carbonyl (C=O) groups is 1. The lowest BCUT2D eigenvalue weighted by atomic mass is 10.1. The van der Waals surface area contributed by atoms with E-state index in [4.69, 9.17) is 5.41 Å². The molecule has 1 aliphatic heterocycles. The Morgan fingerprint density at radius 3 is 2.74 bits per heavy atom. The Labute approximate surface area is 166 Å². The van der Waals surface area contributed by atoms with Crippen molar-refractivity contribution in [2.45, 2.75) is 13.5 Å². The molecular formula is C20H18IN5O. The quantitative estimate of drug-likeness (QED) is 0.437. The van der Waals surface area contributed by atoms with Crippen molar-refractivity contribution < 1.29 is 4.79 Å². The van der Waals surface area contributed by atoms with Gasteiger partial charge in [0.1, 0.15) is 3.72 Å². The van der Waals surface area contributed by atoms with Crippen LogP contribution in [0.4, 0.5) is 5.82 Å². The Hall–Kier alpha value is -2.81. The van der Waals surface area contributed by atoms with Crippen molar-refractivity contribution in [3.05, 3.63) is 70.8 Å². The van der Waals surface area contributed by atoms with Gasteiger partial charge < -0.3 is 10.6 Å². The van der Waals surface area contributed by atoms with Crippen LogP contribution in [0.25, 0.3) is 11.3 Å². The average Bonchev–Trinajstić information content (AvgIpc) is 3.12. The van der Waals surface area contributed by atoms with Crippen LogP contribution in [0, 0.1) is 12.3 Å². The molecular weight excluding hydrogens is 453 g/mol. The van der Waals surface area contributed by atoms with Gasteiger partial charge in [-0.15, -0.1) is 0 Å². The first-order valence-electron chi connectivity index (χ1n) is 8.45. The fraction of sp³-hybridized carbons (Fsp3) is 0.100. The van der Waals surface area contributed by atoms with E-state index in [1.807, 2.05) is 59.6 Å². The van der Waals surface area contributed by atoms with Gasteiger partial charge in [-0.1, -0.05) is 42.5 Å². The first kappa shape index (κ1) is 17.6. The molecule has 0 fully saturated rings. The maximum atomic E-state index is 12.3. The Morgan fingerprint density at radius 1 is 1.19 bits per heavy atom. The van der Waals surface area contributed by atoms with Crippen LogP contribution < -0.4 is 10.6 Å². The van der Waals surface area contributed by atoms with Crippen LogP contribution in [0.2, 0.25) is 0 Å². The summed E-state index contributed by atoms with van der Waals surface area (Å²) in [7, 11) is 0. The molecule has 4 rings (SSSR count). The SMILES string of the molecule is Cc1ccccc1C(=O)NCc1ccc(-c2[nH]nc3c2C(=N)I=CN3)cc1. The topological polar surface area (TPSA) is 93.7 Å². The highest BCUT2D eigenvalue weighted by atomic mass is 127. The van der Waals surface area contributed by atoms with Gasteiger partial charge in [0.25, 0.3) is 5.91 Å². The van der Waals surface area contributed by atoms with Gasteiger partial charge in [-0.3, -0.25) is 15.3 Å². The molecule has 136 valence electrons. The van der Waals surface area contributed by atoms with Gasteiger partial charge in [-0.2, -0.15) is 5.10 Å². The third kappa shape index (κ3) is 3.55. The second-order valence-electron chi connectivity index (χ2n) is 6.19. The second-order valence-corrected chi connectivity index (χ2v) is 8.52. The number of aromatic amines is 1. The van der Waals surface area contributed by atoms with Crippen molar-refractivity contribution in [1.82, 2.24) is 15.5 Å². The third-order valence-corrected chi connectivity index (χ3v) is 6.21. The minimum Gasteiger partial charge on any atom is -0.348 e. The zero-order valence-electron chi connectivity index (χ0n) is 14.6. The highest BCUT2D eigenvalue weighted by Crippen LogP contribution is 2.32. The number of benzene rings is 2. The van der Waals surface area contributed by atoms with E-state index in [1.54, 1.807) is 0 Å². The van der Waals surface area contributed by atoms with Crippen LogP contribution in [-0.2, 0) is 6.54 Å². The van der Waals surface area contributed by atoms with Crippen molar-refractivity contribution in [2.75, 3.05) is 5.32 Å². The number of anilines is 1. The van der Waals surface area contributed by atoms with Crippen LogP contribution in [0.5, 0.6) is 0 Å². The summed E-state index contributed by atoms with van der Waals surface area (Å²) >= 11 is -0.425. The molecule has 4 N–H and O–H groups in total. The lowest BCUT2D eigenvalue weighted by Gasteiger charge is -2.10. The minimum atomic E-state index is -0.425. The van der Waals surface area contributed by atoms with Gasteiger partial charge in [0.2, 0.25) is 0 Å². The molecule has 0 atom stereocenters. The number of carbonyl (C=O) groups excluding carboxylic acids is 1. The van der Waals surface area contributed by atoms with Crippen LogP contribution in [-0.4, -0.2) is 24.0 Å². The van der Waals surface area contributed by atoms with Crippen molar-refractivity contribution in [3.63, 3.8) is 0 Å². The zero-order chi connectivity index (χ0) is 18.8. The Bertz CT molecular complexity index is 1050. The molecule has 0 bridgehead atoms. The van der Waals surface area contributed by atoms with Gasteiger partial charge in [0.15, 0.2) is 5.82 Å². The Balaban J connectivity index is 1.48. The summed E-state index contributed by atoms with van der Waals surface area (Å²) in [5, 5.41) is 21.6. The molecule has 1 aliphatic rings. The molecule has 3 aromatic rings. The van der Waals surface area contributed by atoms with Gasteiger partial charge in [-0.05, 0) is 44.8 Å². The normalized spacial score (nSPS) is 12.7. The Morgan fingerprint density at radius 2 is 1.96 bits per heavy atom. The largest absolute Gasteiger partial charge is 0.348 e. The van der Waals surface area contributed by atoms with Crippen molar-refractivity contribution in [3.8, 4) is 11.3 Å². The lowest BCUT2D eigenvalue weighted by Crippen LogP contribution is -2.23. The summed E-state index contributed by atoms with van der Waals surface area (Å²) in [6, 6.07) is 15.5. The molecule has 6 nitrogen and oxygen atoms in total. The van der Waals surface area contributed by atoms with E-state index in [-0.39, 0.29) is 5.91 Å². The molecule has 1 amide bonds. The smallest absolute Gasteiger partial charge is 0.251 e. The minimum absolute atomic E-state index is 0.0699. The van der Waals surface area contributed by atoms with Gasteiger partial charge in [-0.25, -0.2) is 0 Å². The molecule has 27 heavy (non-hydrogen) atoms. The summed E-state index contributed by atoms with van der Waals surface area (Å²) in [5.41, 5.74) is 5.39. The number of fused-ring (bicyclic) bond motifs is 1. The number of H-pyrrole nitrogens is 1. The van der Waals surface area contributed by atoms with Crippen molar-refractivity contribution in [1.29, 1.82) is 5.41 Å². The van der Waals surface area contributed by atoms with Crippen LogP contribution in [0.1, 0.15) is 27.0 Å². The van der Waals surface area contributed by atoms with E-state index in [2.05, 4.69) is 20.8 Å². The number of rotatable bonds is 4. The molecule has 1 aromatic heterocycles. The highest BCUT2D eigenvalue weighted by molar-refractivity contribution is 14.2. The maximum absolute atomic E-state index is 12.3. The van der Waals surface area contributed by atoms with E-state index < -0.39 is 20.7 Å². The zero-order valence-corrected chi connectivity index (χ0v) is 16.8. The fourth-order valence-corrected chi connectivity index (χ4v) is 4.55. The van der Waals surface area contributed by atoms with E-state index in [0.717, 1.165) is 33.8 Å². The fourth-order valence-electron chi connectivity index (χ4n) is 2.95. The molecule has 0 saturated carbocycles. The number of hydrogen-bond donors (Lipinski definition) is 4.